The Bertz CT molecular complexity index is 554. The van der Waals surface area contributed by atoms with Crippen molar-refractivity contribution in [2.24, 2.45) is 5.73 Å². The summed E-state index contributed by atoms with van der Waals surface area (Å²) in [6.07, 6.45) is 1.12. The fourth-order valence-corrected chi connectivity index (χ4v) is 2.55. The standard InChI is InChI=1S/C19H24N2O/c1-15(20)13-14-18(22)21-19(2,16-9-5-3-6-10-16)17-11-7-4-8-12-17/h3-12,15H,13-14,20H2,1-2H3,(H,21,22). The van der Waals surface area contributed by atoms with Crippen LogP contribution < -0.4 is 11.1 Å². The molecule has 116 valence electrons. The van der Waals surface area contributed by atoms with E-state index in [1.165, 1.54) is 0 Å². The normalized spacial score (nSPS) is 12.7. The molecule has 0 aromatic heterocycles. The maximum atomic E-state index is 12.3. The van der Waals surface area contributed by atoms with E-state index in [-0.39, 0.29) is 11.9 Å². The van der Waals surface area contributed by atoms with Crippen LogP contribution in [-0.4, -0.2) is 11.9 Å². The molecule has 0 saturated carbocycles. The number of hydrogen-bond donors (Lipinski definition) is 2. The lowest BCUT2D eigenvalue weighted by atomic mass is 9.84. The molecule has 2 rings (SSSR count). The fourth-order valence-electron chi connectivity index (χ4n) is 2.55. The molecule has 0 saturated heterocycles. The van der Waals surface area contributed by atoms with Gasteiger partial charge in [-0.3, -0.25) is 4.79 Å². The lowest BCUT2D eigenvalue weighted by molar-refractivity contribution is -0.122. The van der Waals surface area contributed by atoms with Crippen molar-refractivity contribution >= 4 is 5.91 Å². The quantitative estimate of drug-likeness (QED) is 0.860. The Kier molecular flexibility index (Phi) is 5.34. The minimum Gasteiger partial charge on any atom is -0.343 e. The number of carbonyl (C=O) groups is 1. The first-order valence-electron chi connectivity index (χ1n) is 7.70. The second-order valence-corrected chi connectivity index (χ2v) is 5.92. The summed E-state index contributed by atoms with van der Waals surface area (Å²) >= 11 is 0. The third-order valence-electron chi connectivity index (χ3n) is 3.92. The summed E-state index contributed by atoms with van der Waals surface area (Å²) in [4.78, 5) is 12.3. The number of carbonyl (C=O) groups excluding carboxylic acids is 1. The van der Waals surface area contributed by atoms with Crippen LogP contribution in [0, 0.1) is 0 Å². The lowest BCUT2D eigenvalue weighted by Gasteiger charge is -2.32. The highest BCUT2D eigenvalue weighted by Gasteiger charge is 2.30. The third-order valence-corrected chi connectivity index (χ3v) is 3.92. The average molecular weight is 296 g/mol. The van der Waals surface area contributed by atoms with Gasteiger partial charge in [-0.25, -0.2) is 0 Å². The summed E-state index contributed by atoms with van der Waals surface area (Å²) in [6.45, 7) is 3.96. The van der Waals surface area contributed by atoms with Crippen LogP contribution in [0.2, 0.25) is 0 Å². The molecule has 3 N–H and O–H groups in total. The Morgan fingerprint density at radius 2 is 1.50 bits per heavy atom. The van der Waals surface area contributed by atoms with E-state index in [4.69, 9.17) is 5.73 Å². The van der Waals surface area contributed by atoms with E-state index < -0.39 is 5.54 Å². The van der Waals surface area contributed by atoms with E-state index in [9.17, 15) is 4.79 Å². The molecule has 3 nitrogen and oxygen atoms in total. The number of nitrogens with two attached hydrogens (primary N) is 1. The van der Waals surface area contributed by atoms with E-state index >= 15 is 0 Å². The van der Waals surface area contributed by atoms with Crippen molar-refractivity contribution in [3.63, 3.8) is 0 Å². The van der Waals surface area contributed by atoms with Crippen LogP contribution in [0.1, 0.15) is 37.8 Å². The van der Waals surface area contributed by atoms with Gasteiger partial charge in [0.15, 0.2) is 0 Å². The maximum absolute atomic E-state index is 12.3. The number of hydrogen-bond acceptors (Lipinski definition) is 2. The van der Waals surface area contributed by atoms with Crippen molar-refractivity contribution < 1.29 is 4.79 Å². The van der Waals surface area contributed by atoms with E-state index in [0.717, 1.165) is 11.1 Å². The summed E-state index contributed by atoms with van der Waals surface area (Å²) in [6, 6.07) is 20.1. The minimum absolute atomic E-state index is 0.0208. The van der Waals surface area contributed by atoms with E-state index in [1.807, 2.05) is 74.5 Å². The van der Waals surface area contributed by atoms with Gasteiger partial charge in [0.1, 0.15) is 0 Å². The molecule has 1 atom stereocenters. The number of rotatable bonds is 6. The Morgan fingerprint density at radius 3 is 1.91 bits per heavy atom. The number of nitrogens with one attached hydrogen (secondary N) is 1. The van der Waals surface area contributed by atoms with E-state index in [1.54, 1.807) is 0 Å². The summed E-state index contributed by atoms with van der Waals surface area (Å²) in [5.41, 5.74) is 7.33. The van der Waals surface area contributed by atoms with Gasteiger partial charge in [0.2, 0.25) is 5.91 Å². The SMILES string of the molecule is CC(N)CCC(=O)NC(C)(c1ccccc1)c1ccccc1. The van der Waals surface area contributed by atoms with E-state index in [2.05, 4.69) is 5.32 Å². The summed E-state index contributed by atoms with van der Waals surface area (Å²) in [5.74, 6) is 0.0208. The second kappa shape index (κ2) is 7.23. The Balaban J connectivity index is 2.29. The smallest absolute Gasteiger partial charge is 0.221 e. The molecule has 0 aliphatic rings. The van der Waals surface area contributed by atoms with Crippen LogP contribution in [0.3, 0.4) is 0 Å². The molecule has 0 radical (unpaired) electrons. The zero-order valence-corrected chi connectivity index (χ0v) is 13.3. The maximum Gasteiger partial charge on any atom is 0.221 e. The molecule has 0 bridgehead atoms. The van der Waals surface area contributed by atoms with Crippen LogP contribution >= 0.6 is 0 Å². The van der Waals surface area contributed by atoms with Gasteiger partial charge in [0.05, 0.1) is 5.54 Å². The molecule has 0 spiro atoms. The predicted octanol–water partition coefficient (Wildman–Crippen LogP) is 3.19. The van der Waals surface area contributed by atoms with Crippen LogP contribution in [-0.2, 0) is 10.3 Å². The van der Waals surface area contributed by atoms with Crippen molar-refractivity contribution in [1.29, 1.82) is 0 Å². The van der Waals surface area contributed by atoms with Gasteiger partial charge in [-0.1, -0.05) is 60.7 Å². The molecular weight excluding hydrogens is 272 g/mol. The first-order valence-corrected chi connectivity index (χ1v) is 7.70. The van der Waals surface area contributed by atoms with Crippen molar-refractivity contribution in [3.8, 4) is 0 Å². The monoisotopic (exact) mass is 296 g/mol. The van der Waals surface area contributed by atoms with Crippen LogP contribution in [0.25, 0.3) is 0 Å². The van der Waals surface area contributed by atoms with Crippen molar-refractivity contribution in [2.45, 2.75) is 38.3 Å². The molecule has 1 amide bonds. The van der Waals surface area contributed by atoms with Gasteiger partial charge in [0, 0.05) is 12.5 Å². The molecule has 22 heavy (non-hydrogen) atoms. The van der Waals surface area contributed by atoms with Gasteiger partial charge in [0.25, 0.3) is 0 Å². The highest BCUT2D eigenvalue weighted by atomic mass is 16.1. The summed E-state index contributed by atoms with van der Waals surface area (Å²) < 4.78 is 0. The van der Waals surface area contributed by atoms with Gasteiger partial charge in [-0.05, 0) is 31.4 Å². The van der Waals surface area contributed by atoms with Gasteiger partial charge in [-0.2, -0.15) is 0 Å². The van der Waals surface area contributed by atoms with Crippen molar-refractivity contribution in [1.82, 2.24) is 5.32 Å². The van der Waals surface area contributed by atoms with Crippen LogP contribution in [0.4, 0.5) is 0 Å². The van der Waals surface area contributed by atoms with Crippen molar-refractivity contribution in [2.75, 3.05) is 0 Å². The highest BCUT2D eigenvalue weighted by Crippen LogP contribution is 2.29. The fraction of sp³-hybridized carbons (Fsp3) is 0.316. The van der Waals surface area contributed by atoms with Crippen LogP contribution in [0.5, 0.6) is 0 Å². The zero-order valence-electron chi connectivity index (χ0n) is 13.3. The van der Waals surface area contributed by atoms with E-state index in [0.29, 0.717) is 12.8 Å². The molecule has 0 aliphatic carbocycles. The molecular formula is C19H24N2O. The molecule has 2 aromatic rings. The Hall–Kier alpha value is -2.13. The summed E-state index contributed by atoms with van der Waals surface area (Å²) in [5, 5.41) is 3.19. The second-order valence-electron chi connectivity index (χ2n) is 5.92. The van der Waals surface area contributed by atoms with Crippen molar-refractivity contribution in [3.05, 3.63) is 71.8 Å². The average Bonchev–Trinajstić information content (AvgIpc) is 2.54. The number of benzene rings is 2. The first kappa shape index (κ1) is 16.2. The topological polar surface area (TPSA) is 55.1 Å². The van der Waals surface area contributed by atoms with Gasteiger partial charge < -0.3 is 11.1 Å². The molecule has 3 heteroatoms. The first-order chi connectivity index (χ1) is 10.5. The molecule has 2 aromatic carbocycles. The number of amides is 1. The largest absolute Gasteiger partial charge is 0.343 e. The molecule has 0 aliphatic heterocycles. The van der Waals surface area contributed by atoms with Gasteiger partial charge in [-0.15, -0.1) is 0 Å². The minimum atomic E-state index is -0.544. The summed E-state index contributed by atoms with van der Waals surface area (Å²) in [7, 11) is 0. The molecule has 0 heterocycles. The van der Waals surface area contributed by atoms with Crippen LogP contribution in [0.15, 0.2) is 60.7 Å². The molecule has 1 unspecified atom stereocenters. The lowest BCUT2D eigenvalue weighted by Crippen LogP contribution is -2.44. The highest BCUT2D eigenvalue weighted by molar-refractivity contribution is 5.77. The zero-order chi connectivity index (χ0) is 16.0. The van der Waals surface area contributed by atoms with Gasteiger partial charge >= 0.3 is 0 Å². The Morgan fingerprint density at radius 1 is 1.05 bits per heavy atom. The predicted molar refractivity (Wildman–Crippen MR) is 90.4 cm³/mol. The molecule has 0 fully saturated rings. The Labute approximate surface area is 132 Å². The third kappa shape index (κ3) is 3.95.